The molecule has 1 aliphatic rings. The van der Waals surface area contributed by atoms with Crippen molar-refractivity contribution in [3.05, 3.63) is 72.1 Å². The van der Waals surface area contributed by atoms with E-state index >= 15 is 0 Å². The average molecular weight is 373 g/mol. The fraction of sp³-hybridized carbons (Fsp3) is 0.143. The van der Waals surface area contributed by atoms with Crippen molar-refractivity contribution in [2.75, 3.05) is 22.1 Å². The Morgan fingerprint density at radius 2 is 1.57 bits per heavy atom. The molecule has 0 fully saturated rings. The highest BCUT2D eigenvalue weighted by Crippen LogP contribution is 2.31. The Labute approximate surface area is 162 Å². The highest BCUT2D eigenvalue weighted by atomic mass is 16.2. The van der Waals surface area contributed by atoms with Crippen molar-refractivity contribution in [3.63, 3.8) is 0 Å². The Morgan fingerprint density at radius 1 is 0.929 bits per heavy atom. The van der Waals surface area contributed by atoms with E-state index in [9.17, 15) is 9.59 Å². The third kappa shape index (κ3) is 3.68. The van der Waals surface area contributed by atoms with Crippen molar-refractivity contribution in [3.8, 4) is 0 Å². The summed E-state index contributed by atoms with van der Waals surface area (Å²) >= 11 is 0. The standard InChI is InChI=1S/C21H19N5O2/c1-14(27)24-17-6-8-18(9-7-17)25-20(28)16-12-22-21(23-13-16)26-11-10-15-4-2-3-5-19(15)26/h2-9,12-13H,10-11H2,1H3,(H,24,27)(H,25,28). The molecular formula is C21H19N5O2. The fourth-order valence-electron chi connectivity index (χ4n) is 3.17. The minimum atomic E-state index is -0.291. The molecule has 2 amide bonds. The summed E-state index contributed by atoms with van der Waals surface area (Å²) in [6.07, 6.45) is 4.02. The van der Waals surface area contributed by atoms with Crippen molar-refractivity contribution in [2.45, 2.75) is 13.3 Å². The summed E-state index contributed by atoms with van der Waals surface area (Å²) in [7, 11) is 0. The second-order valence-corrected chi connectivity index (χ2v) is 6.51. The normalized spacial score (nSPS) is 12.4. The molecule has 2 N–H and O–H groups in total. The molecule has 2 heterocycles. The van der Waals surface area contributed by atoms with Gasteiger partial charge in [-0.05, 0) is 42.3 Å². The van der Waals surface area contributed by atoms with E-state index < -0.39 is 0 Å². The number of hydrogen-bond donors (Lipinski definition) is 2. The molecular weight excluding hydrogens is 354 g/mol. The van der Waals surface area contributed by atoms with Crippen molar-refractivity contribution < 1.29 is 9.59 Å². The predicted octanol–water partition coefficient (Wildman–Crippen LogP) is 3.38. The number of rotatable bonds is 4. The number of fused-ring (bicyclic) bond motifs is 1. The molecule has 7 heteroatoms. The van der Waals surface area contributed by atoms with Crippen LogP contribution in [0.15, 0.2) is 60.9 Å². The van der Waals surface area contributed by atoms with E-state index in [2.05, 4.69) is 37.6 Å². The van der Waals surface area contributed by atoms with E-state index in [1.807, 2.05) is 12.1 Å². The monoisotopic (exact) mass is 373 g/mol. The van der Waals surface area contributed by atoms with Gasteiger partial charge >= 0.3 is 0 Å². The molecule has 1 aliphatic heterocycles. The van der Waals surface area contributed by atoms with E-state index in [1.54, 1.807) is 24.3 Å². The smallest absolute Gasteiger partial charge is 0.258 e. The highest BCUT2D eigenvalue weighted by molar-refractivity contribution is 6.04. The van der Waals surface area contributed by atoms with Crippen LogP contribution in [-0.4, -0.2) is 28.3 Å². The van der Waals surface area contributed by atoms with E-state index in [-0.39, 0.29) is 11.8 Å². The second-order valence-electron chi connectivity index (χ2n) is 6.51. The summed E-state index contributed by atoms with van der Waals surface area (Å²) in [5, 5.41) is 5.48. The topological polar surface area (TPSA) is 87.2 Å². The molecule has 0 atom stereocenters. The molecule has 140 valence electrons. The lowest BCUT2D eigenvalue weighted by molar-refractivity contribution is -0.114. The van der Waals surface area contributed by atoms with Crippen LogP contribution < -0.4 is 15.5 Å². The molecule has 0 aliphatic carbocycles. The van der Waals surface area contributed by atoms with Gasteiger partial charge in [-0.3, -0.25) is 9.59 Å². The van der Waals surface area contributed by atoms with Crippen molar-refractivity contribution in [2.24, 2.45) is 0 Å². The fourth-order valence-corrected chi connectivity index (χ4v) is 3.17. The predicted molar refractivity (Wildman–Crippen MR) is 108 cm³/mol. The summed E-state index contributed by atoms with van der Waals surface area (Å²) in [5.74, 6) is 0.149. The summed E-state index contributed by atoms with van der Waals surface area (Å²) in [6, 6.07) is 15.1. The van der Waals surface area contributed by atoms with Gasteiger partial charge in [0, 0.05) is 42.9 Å². The number of hydrogen-bond acceptors (Lipinski definition) is 5. The van der Waals surface area contributed by atoms with Gasteiger partial charge in [-0.15, -0.1) is 0 Å². The lowest BCUT2D eigenvalue weighted by Gasteiger charge is -2.16. The number of amides is 2. The van der Waals surface area contributed by atoms with Crippen molar-refractivity contribution in [1.29, 1.82) is 0 Å². The summed E-state index contributed by atoms with van der Waals surface area (Å²) in [6.45, 7) is 2.27. The highest BCUT2D eigenvalue weighted by Gasteiger charge is 2.22. The molecule has 0 saturated carbocycles. The Morgan fingerprint density at radius 3 is 2.25 bits per heavy atom. The van der Waals surface area contributed by atoms with Crippen LogP contribution in [0.4, 0.5) is 23.0 Å². The van der Waals surface area contributed by atoms with E-state index in [1.165, 1.54) is 24.9 Å². The van der Waals surface area contributed by atoms with Gasteiger partial charge in [-0.25, -0.2) is 9.97 Å². The average Bonchev–Trinajstić information content (AvgIpc) is 3.13. The van der Waals surface area contributed by atoms with Gasteiger partial charge in [0.15, 0.2) is 0 Å². The van der Waals surface area contributed by atoms with Gasteiger partial charge in [0.05, 0.1) is 5.56 Å². The molecule has 0 unspecified atom stereocenters. The van der Waals surface area contributed by atoms with Crippen LogP contribution >= 0.6 is 0 Å². The molecule has 0 radical (unpaired) electrons. The van der Waals surface area contributed by atoms with Crippen LogP contribution in [0.1, 0.15) is 22.8 Å². The zero-order chi connectivity index (χ0) is 19.5. The van der Waals surface area contributed by atoms with Gasteiger partial charge in [0.1, 0.15) is 0 Å². The zero-order valence-corrected chi connectivity index (χ0v) is 15.3. The zero-order valence-electron chi connectivity index (χ0n) is 15.3. The Kier molecular flexibility index (Phi) is 4.72. The van der Waals surface area contributed by atoms with Crippen molar-refractivity contribution >= 4 is 34.8 Å². The van der Waals surface area contributed by atoms with E-state index in [0.29, 0.717) is 22.9 Å². The molecule has 4 rings (SSSR count). The van der Waals surface area contributed by atoms with Gasteiger partial charge in [-0.2, -0.15) is 0 Å². The number of nitrogens with one attached hydrogen (secondary N) is 2. The Bertz CT molecular complexity index is 1020. The maximum atomic E-state index is 12.4. The second kappa shape index (κ2) is 7.48. The van der Waals surface area contributed by atoms with Gasteiger partial charge < -0.3 is 15.5 Å². The largest absolute Gasteiger partial charge is 0.326 e. The van der Waals surface area contributed by atoms with Gasteiger partial charge in [0.25, 0.3) is 5.91 Å². The Balaban J connectivity index is 1.44. The van der Waals surface area contributed by atoms with Crippen LogP contribution in [0, 0.1) is 0 Å². The SMILES string of the molecule is CC(=O)Nc1ccc(NC(=O)c2cnc(N3CCc4ccccc43)nc2)cc1. The first kappa shape index (κ1) is 17.7. The molecule has 0 bridgehead atoms. The quantitative estimate of drug-likeness (QED) is 0.732. The number of para-hydroxylation sites is 1. The van der Waals surface area contributed by atoms with Gasteiger partial charge in [0.2, 0.25) is 11.9 Å². The maximum Gasteiger partial charge on any atom is 0.258 e. The molecule has 1 aromatic heterocycles. The molecule has 2 aromatic carbocycles. The first-order chi connectivity index (χ1) is 13.6. The number of carbonyl (C=O) groups is 2. The molecule has 7 nitrogen and oxygen atoms in total. The van der Waals surface area contributed by atoms with E-state index in [0.717, 1.165) is 18.7 Å². The number of benzene rings is 2. The minimum absolute atomic E-state index is 0.144. The molecule has 0 spiro atoms. The van der Waals surface area contributed by atoms with E-state index in [4.69, 9.17) is 0 Å². The van der Waals surface area contributed by atoms with Crippen LogP contribution in [0.5, 0.6) is 0 Å². The summed E-state index contributed by atoms with van der Waals surface area (Å²) < 4.78 is 0. The van der Waals surface area contributed by atoms with Crippen LogP contribution in [0.25, 0.3) is 0 Å². The lowest BCUT2D eigenvalue weighted by atomic mass is 10.2. The molecule has 3 aromatic rings. The van der Waals surface area contributed by atoms with Crippen LogP contribution in [0.2, 0.25) is 0 Å². The van der Waals surface area contributed by atoms with Crippen LogP contribution in [0.3, 0.4) is 0 Å². The third-order valence-electron chi connectivity index (χ3n) is 4.49. The first-order valence-corrected chi connectivity index (χ1v) is 8.96. The Hall–Kier alpha value is -3.74. The van der Waals surface area contributed by atoms with Gasteiger partial charge in [-0.1, -0.05) is 18.2 Å². The number of anilines is 4. The summed E-state index contributed by atoms with van der Waals surface area (Å²) in [4.78, 5) is 34.3. The maximum absolute atomic E-state index is 12.4. The number of carbonyl (C=O) groups excluding carboxylic acids is 2. The van der Waals surface area contributed by atoms with Crippen molar-refractivity contribution in [1.82, 2.24) is 9.97 Å². The first-order valence-electron chi connectivity index (χ1n) is 8.96. The summed E-state index contributed by atoms with van der Waals surface area (Å²) in [5.41, 5.74) is 4.05. The minimum Gasteiger partial charge on any atom is -0.326 e. The third-order valence-corrected chi connectivity index (χ3v) is 4.49. The number of aromatic nitrogens is 2. The lowest BCUT2D eigenvalue weighted by Crippen LogP contribution is -2.18. The molecule has 28 heavy (non-hydrogen) atoms. The number of nitrogens with zero attached hydrogens (tertiary/aromatic N) is 3. The van der Waals surface area contributed by atoms with Crippen LogP contribution in [-0.2, 0) is 11.2 Å². The molecule has 0 saturated heterocycles.